The predicted octanol–water partition coefficient (Wildman–Crippen LogP) is 2.52. The number of aromatic carboxylic acids is 1. The molecule has 0 aliphatic carbocycles. The van der Waals surface area contributed by atoms with E-state index in [0.717, 1.165) is 23.6 Å². The highest BCUT2D eigenvalue weighted by molar-refractivity contribution is 5.89. The van der Waals surface area contributed by atoms with Crippen LogP contribution in [0.1, 0.15) is 28.5 Å². The van der Waals surface area contributed by atoms with Gasteiger partial charge in [-0.05, 0) is 25.5 Å². The zero-order valence-electron chi connectivity index (χ0n) is 11.1. The van der Waals surface area contributed by atoms with Crippen LogP contribution >= 0.6 is 0 Å². The fourth-order valence-corrected chi connectivity index (χ4v) is 2.00. The second kappa shape index (κ2) is 5.56. The van der Waals surface area contributed by atoms with E-state index in [2.05, 4.69) is 10.4 Å². The first-order valence-corrected chi connectivity index (χ1v) is 6.21. The van der Waals surface area contributed by atoms with Crippen molar-refractivity contribution >= 4 is 11.8 Å². The molecule has 19 heavy (non-hydrogen) atoms. The Labute approximate surface area is 111 Å². The number of carbonyl (C=O) groups is 1. The molecule has 0 bridgehead atoms. The number of rotatable bonds is 5. The van der Waals surface area contributed by atoms with Gasteiger partial charge in [0.25, 0.3) is 0 Å². The highest BCUT2D eigenvalue weighted by Crippen LogP contribution is 2.14. The predicted molar refractivity (Wildman–Crippen MR) is 73.4 cm³/mol. The van der Waals surface area contributed by atoms with E-state index in [1.807, 2.05) is 36.7 Å². The number of carboxylic acids is 1. The number of anilines is 1. The van der Waals surface area contributed by atoms with Crippen molar-refractivity contribution in [1.82, 2.24) is 9.78 Å². The van der Waals surface area contributed by atoms with Gasteiger partial charge in [0.15, 0.2) is 0 Å². The van der Waals surface area contributed by atoms with Gasteiger partial charge in [-0.15, -0.1) is 0 Å². The Morgan fingerprint density at radius 2 is 2.16 bits per heavy atom. The number of aryl methyl sites for hydroxylation is 2. The summed E-state index contributed by atoms with van der Waals surface area (Å²) in [4.78, 5) is 11.1. The molecular weight excluding hydrogens is 242 g/mol. The van der Waals surface area contributed by atoms with E-state index < -0.39 is 5.97 Å². The number of benzene rings is 1. The Kier molecular flexibility index (Phi) is 3.85. The molecule has 0 spiro atoms. The van der Waals surface area contributed by atoms with Gasteiger partial charge in [-0.1, -0.05) is 18.2 Å². The van der Waals surface area contributed by atoms with Crippen molar-refractivity contribution < 1.29 is 9.90 Å². The quantitative estimate of drug-likeness (QED) is 0.865. The van der Waals surface area contributed by atoms with Crippen molar-refractivity contribution in [3.63, 3.8) is 0 Å². The fourth-order valence-electron chi connectivity index (χ4n) is 2.00. The minimum absolute atomic E-state index is 0.328. The van der Waals surface area contributed by atoms with Gasteiger partial charge in [-0.3, -0.25) is 0 Å². The SMILES string of the molecule is CCn1nc(C)cc1NCc1ccccc1C(=O)O. The second-order valence-corrected chi connectivity index (χ2v) is 4.30. The molecule has 0 amide bonds. The molecule has 0 atom stereocenters. The third-order valence-electron chi connectivity index (χ3n) is 2.91. The van der Waals surface area contributed by atoms with Gasteiger partial charge in [-0.2, -0.15) is 5.10 Å². The molecule has 0 saturated heterocycles. The molecule has 0 unspecified atom stereocenters. The summed E-state index contributed by atoms with van der Waals surface area (Å²) in [6.07, 6.45) is 0. The van der Waals surface area contributed by atoms with Gasteiger partial charge in [0.2, 0.25) is 0 Å². The maximum Gasteiger partial charge on any atom is 0.336 e. The van der Waals surface area contributed by atoms with E-state index in [1.54, 1.807) is 12.1 Å². The van der Waals surface area contributed by atoms with Crippen LogP contribution in [0, 0.1) is 6.92 Å². The molecule has 1 heterocycles. The molecule has 5 heteroatoms. The first-order chi connectivity index (χ1) is 9.11. The molecule has 0 aliphatic heterocycles. The minimum Gasteiger partial charge on any atom is -0.478 e. The van der Waals surface area contributed by atoms with Crippen molar-refractivity contribution in [2.45, 2.75) is 26.9 Å². The lowest BCUT2D eigenvalue weighted by Gasteiger charge is -2.10. The second-order valence-electron chi connectivity index (χ2n) is 4.30. The molecule has 0 radical (unpaired) electrons. The maximum atomic E-state index is 11.1. The summed E-state index contributed by atoms with van der Waals surface area (Å²) in [5, 5.41) is 16.7. The summed E-state index contributed by atoms with van der Waals surface area (Å²) in [6, 6.07) is 8.95. The number of aromatic nitrogens is 2. The van der Waals surface area contributed by atoms with Crippen molar-refractivity contribution in [1.29, 1.82) is 0 Å². The van der Waals surface area contributed by atoms with Crippen LogP contribution in [0.4, 0.5) is 5.82 Å². The third-order valence-corrected chi connectivity index (χ3v) is 2.91. The molecule has 2 N–H and O–H groups in total. The van der Waals surface area contributed by atoms with Crippen molar-refractivity contribution in [3.05, 3.63) is 47.2 Å². The highest BCUT2D eigenvalue weighted by atomic mass is 16.4. The average molecular weight is 259 g/mol. The Bertz CT molecular complexity index is 590. The number of nitrogens with zero attached hydrogens (tertiary/aromatic N) is 2. The summed E-state index contributed by atoms with van der Waals surface area (Å²) in [6.45, 7) is 5.19. The van der Waals surface area contributed by atoms with Crippen molar-refractivity contribution in [3.8, 4) is 0 Å². The van der Waals surface area contributed by atoms with Crippen LogP contribution in [0.25, 0.3) is 0 Å². The number of hydrogen-bond acceptors (Lipinski definition) is 3. The topological polar surface area (TPSA) is 67.2 Å². The Hall–Kier alpha value is -2.30. The molecular formula is C14H17N3O2. The van der Waals surface area contributed by atoms with Crippen LogP contribution in [-0.4, -0.2) is 20.9 Å². The van der Waals surface area contributed by atoms with Gasteiger partial charge in [-0.25, -0.2) is 9.48 Å². The van der Waals surface area contributed by atoms with Gasteiger partial charge in [0.05, 0.1) is 11.3 Å². The lowest BCUT2D eigenvalue weighted by atomic mass is 10.1. The van der Waals surface area contributed by atoms with E-state index in [-0.39, 0.29) is 0 Å². The zero-order valence-corrected chi connectivity index (χ0v) is 11.1. The smallest absolute Gasteiger partial charge is 0.336 e. The number of hydrogen-bond donors (Lipinski definition) is 2. The van der Waals surface area contributed by atoms with E-state index in [1.165, 1.54) is 0 Å². The molecule has 0 fully saturated rings. The Balaban J connectivity index is 2.16. The minimum atomic E-state index is -0.905. The van der Waals surface area contributed by atoms with Crippen LogP contribution in [0.5, 0.6) is 0 Å². The normalized spacial score (nSPS) is 10.4. The average Bonchev–Trinajstić information content (AvgIpc) is 2.77. The number of nitrogens with one attached hydrogen (secondary N) is 1. The summed E-state index contributed by atoms with van der Waals surface area (Å²) in [5.41, 5.74) is 2.03. The first-order valence-electron chi connectivity index (χ1n) is 6.21. The lowest BCUT2D eigenvalue weighted by molar-refractivity contribution is 0.0696. The maximum absolute atomic E-state index is 11.1. The highest BCUT2D eigenvalue weighted by Gasteiger charge is 2.09. The Morgan fingerprint density at radius 1 is 1.42 bits per heavy atom. The molecule has 2 rings (SSSR count). The van der Waals surface area contributed by atoms with Crippen molar-refractivity contribution in [2.24, 2.45) is 0 Å². The van der Waals surface area contributed by atoms with E-state index >= 15 is 0 Å². The van der Waals surface area contributed by atoms with Gasteiger partial charge in [0.1, 0.15) is 5.82 Å². The molecule has 5 nitrogen and oxygen atoms in total. The molecule has 1 aromatic heterocycles. The summed E-state index contributed by atoms with van der Waals surface area (Å²) in [5.74, 6) is -0.00206. The van der Waals surface area contributed by atoms with Crippen LogP contribution in [0.15, 0.2) is 30.3 Å². The summed E-state index contributed by atoms with van der Waals surface area (Å²) < 4.78 is 1.86. The van der Waals surface area contributed by atoms with Gasteiger partial charge in [0, 0.05) is 19.2 Å². The standard InChI is InChI=1S/C14H17N3O2/c1-3-17-13(8-10(2)16-17)15-9-11-6-4-5-7-12(11)14(18)19/h4-8,15H,3,9H2,1-2H3,(H,18,19). The fraction of sp³-hybridized carbons (Fsp3) is 0.286. The number of carboxylic acid groups (broad SMARTS) is 1. The molecule has 100 valence electrons. The van der Waals surface area contributed by atoms with Crippen LogP contribution < -0.4 is 5.32 Å². The largest absolute Gasteiger partial charge is 0.478 e. The van der Waals surface area contributed by atoms with E-state index in [9.17, 15) is 4.79 Å². The lowest BCUT2D eigenvalue weighted by Crippen LogP contribution is -2.10. The monoisotopic (exact) mass is 259 g/mol. The van der Waals surface area contributed by atoms with Crippen molar-refractivity contribution in [2.75, 3.05) is 5.32 Å². The third kappa shape index (κ3) is 2.93. The molecule has 1 aromatic carbocycles. The van der Waals surface area contributed by atoms with Crippen LogP contribution in [0.2, 0.25) is 0 Å². The molecule has 0 saturated carbocycles. The van der Waals surface area contributed by atoms with Crippen LogP contribution in [0.3, 0.4) is 0 Å². The first kappa shape index (κ1) is 13.1. The molecule has 0 aliphatic rings. The van der Waals surface area contributed by atoms with E-state index in [0.29, 0.717) is 12.1 Å². The summed E-state index contributed by atoms with van der Waals surface area (Å²) in [7, 11) is 0. The van der Waals surface area contributed by atoms with Crippen LogP contribution in [-0.2, 0) is 13.1 Å². The summed E-state index contributed by atoms with van der Waals surface area (Å²) >= 11 is 0. The van der Waals surface area contributed by atoms with E-state index in [4.69, 9.17) is 5.11 Å². The van der Waals surface area contributed by atoms with Gasteiger partial charge >= 0.3 is 5.97 Å². The Morgan fingerprint density at radius 3 is 2.84 bits per heavy atom. The molecule has 2 aromatic rings. The zero-order chi connectivity index (χ0) is 13.8. The van der Waals surface area contributed by atoms with Gasteiger partial charge < -0.3 is 10.4 Å².